The minimum absolute atomic E-state index is 0.169. The molecular formula is C16H19N3O3. The molecule has 22 heavy (non-hydrogen) atoms. The summed E-state index contributed by atoms with van der Waals surface area (Å²) in [5.41, 5.74) is 7.13. The second-order valence-corrected chi connectivity index (χ2v) is 5.06. The Hall–Kier alpha value is -2.76. The number of carbonyl (C=O) groups is 2. The summed E-state index contributed by atoms with van der Waals surface area (Å²) in [5, 5.41) is 0. The molecule has 2 aromatic rings. The van der Waals surface area contributed by atoms with Crippen LogP contribution in [-0.4, -0.2) is 23.0 Å². The highest BCUT2D eigenvalue weighted by atomic mass is 16.5. The van der Waals surface area contributed by atoms with E-state index in [4.69, 9.17) is 4.74 Å². The number of benzene rings is 1. The topological polar surface area (TPSA) is 72.4 Å². The summed E-state index contributed by atoms with van der Waals surface area (Å²) < 4.78 is 7.12. The monoisotopic (exact) mass is 301 g/mol. The molecule has 1 aromatic carbocycles. The Morgan fingerprint density at radius 2 is 1.95 bits per heavy atom. The summed E-state index contributed by atoms with van der Waals surface area (Å²) in [6, 6.07) is 9.18. The Kier molecular flexibility index (Phi) is 4.83. The zero-order valence-corrected chi connectivity index (χ0v) is 12.8. The van der Waals surface area contributed by atoms with Crippen LogP contribution >= 0.6 is 0 Å². The van der Waals surface area contributed by atoms with Crippen LogP contribution in [0.3, 0.4) is 0 Å². The van der Waals surface area contributed by atoms with E-state index < -0.39 is 5.91 Å². The van der Waals surface area contributed by atoms with Crippen LogP contribution in [0.4, 0.5) is 0 Å². The zero-order valence-electron chi connectivity index (χ0n) is 12.8. The maximum atomic E-state index is 11.8. The van der Waals surface area contributed by atoms with E-state index in [0.29, 0.717) is 11.4 Å². The van der Waals surface area contributed by atoms with Crippen molar-refractivity contribution in [1.29, 1.82) is 0 Å². The Balaban J connectivity index is 1.82. The lowest BCUT2D eigenvalue weighted by Gasteiger charge is -2.11. The van der Waals surface area contributed by atoms with Gasteiger partial charge in [-0.2, -0.15) is 0 Å². The van der Waals surface area contributed by atoms with Gasteiger partial charge in [-0.15, -0.1) is 0 Å². The second-order valence-electron chi connectivity index (χ2n) is 5.06. The molecular weight excluding hydrogens is 282 g/mol. The third-order valence-electron chi connectivity index (χ3n) is 3.19. The Labute approximate surface area is 129 Å². The molecule has 6 heteroatoms. The molecule has 0 unspecified atom stereocenters. The van der Waals surface area contributed by atoms with Gasteiger partial charge in [-0.3, -0.25) is 20.4 Å². The van der Waals surface area contributed by atoms with Crippen molar-refractivity contribution < 1.29 is 14.3 Å². The van der Waals surface area contributed by atoms with Gasteiger partial charge in [0.15, 0.2) is 6.61 Å². The van der Waals surface area contributed by atoms with Crippen molar-refractivity contribution in [3.8, 4) is 5.75 Å². The largest absolute Gasteiger partial charge is 0.483 e. The summed E-state index contributed by atoms with van der Waals surface area (Å²) in [5.74, 6) is -0.153. The Bertz CT molecular complexity index is 692. The first-order valence-corrected chi connectivity index (χ1v) is 6.88. The van der Waals surface area contributed by atoms with Gasteiger partial charge in [-0.25, -0.2) is 0 Å². The van der Waals surface area contributed by atoms with E-state index in [1.54, 1.807) is 29.9 Å². The van der Waals surface area contributed by atoms with Crippen LogP contribution in [0, 0.1) is 13.8 Å². The predicted molar refractivity (Wildman–Crippen MR) is 82.4 cm³/mol. The van der Waals surface area contributed by atoms with Gasteiger partial charge < -0.3 is 9.30 Å². The van der Waals surface area contributed by atoms with E-state index in [9.17, 15) is 9.59 Å². The average molecular weight is 301 g/mol. The average Bonchev–Trinajstić information content (AvgIpc) is 2.92. The third-order valence-corrected chi connectivity index (χ3v) is 3.19. The van der Waals surface area contributed by atoms with Gasteiger partial charge >= 0.3 is 0 Å². The van der Waals surface area contributed by atoms with Crippen molar-refractivity contribution in [2.45, 2.75) is 13.8 Å². The number of nitrogens with zero attached hydrogens (tertiary/aromatic N) is 1. The van der Waals surface area contributed by atoms with Crippen LogP contribution in [0.25, 0.3) is 0 Å². The number of nitrogens with one attached hydrogen (secondary N) is 2. The van der Waals surface area contributed by atoms with Crippen LogP contribution in [0.15, 0.2) is 36.5 Å². The number of amides is 2. The van der Waals surface area contributed by atoms with Gasteiger partial charge in [0.2, 0.25) is 0 Å². The number of aromatic nitrogens is 1. The minimum Gasteiger partial charge on any atom is -0.483 e. The molecule has 2 amide bonds. The van der Waals surface area contributed by atoms with Crippen molar-refractivity contribution >= 4 is 11.8 Å². The number of ether oxygens (including phenoxy) is 1. The number of aryl methyl sites for hydroxylation is 3. The van der Waals surface area contributed by atoms with Crippen LogP contribution in [0.5, 0.6) is 5.75 Å². The summed E-state index contributed by atoms with van der Waals surface area (Å²) in [7, 11) is 1.75. The molecule has 1 aromatic heterocycles. The maximum absolute atomic E-state index is 11.8. The fraction of sp³-hybridized carbons (Fsp3) is 0.250. The van der Waals surface area contributed by atoms with Gasteiger partial charge in [-0.1, -0.05) is 12.1 Å². The summed E-state index contributed by atoms with van der Waals surface area (Å²) in [6.45, 7) is 3.69. The van der Waals surface area contributed by atoms with Gasteiger partial charge in [-0.05, 0) is 43.2 Å². The van der Waals surface area contributed by atoms with Crippen molar-refractivity contribution in [3.05, 3.63) is 53.3 Å². The molecule has 0 atom stereocenters. The molecule has 0 aliphatic carbocycles. The number of hydrogen-bond acceptors (Lipinski definition) is 3. The van der Waals surface area contributed by atoms with E-state index in [1.165, 1.54) is 0 Å². The fourth-order valence-electron chi connectivity index (χ4n) is 1.93. The molecule has 0 saturated heterocycles. The number of hydrazine groups is 1. The number of rotatable bonds is 4. The molecule has 0 spiro atoms. The van der Waals surface area contributed by atoms with E-state index >= 15 is 0 Å². The quantitative estimate of drug-likeness (QED) is 0.840. The molecule has 1 heterocycles. The lowest BCUT2D eigenvalue weighted by atomic mass is 10.1. The standard InChI is InChI=1S/C16H19N3O3/c1-11-6-7-12(2)14(9-11)22-10-15(20)17-18-16(21)13-5-4-8-19(13)3/h4-9H,10H2,1-3H3,(H,17,20)(H,18,21). The first kappa shape index (κ1) is 15.6. The Morgan fingerprint density at radius 3 is 2.64 bits per heavy atom. The molecule has 0 bridgehead atoms. The SMILES string of the molecule is Cc1ccc(C)c(OCC(=O)NNC(=O)c2cccn2C)c1. The van der Waals surface area contributed by atoms with Gasteiger partial charge in [0.05, 0.1) is 0 Å². The normalized spacial score (nSPS) is 10.1. The van der Waals surface area contributed by atoms with E-state index in [1.807, 2.05) is 32.0 Å². The van der Waals surface area contributed by atoms with E-state index in [-0.39, 0.29) is 12.5 Å². The highest BCUT2D eigenvalue weighted by Crippen LogP contribution is 2.18. The molecule has 0 aliphatic heterocycles. The maximum Gasteiger partial charge on any atom is 0.286 e. The molecule has 0 saturated carbocycles. The van der Waals surface area contributed by atoms with Crippen molar-refractivity contribution in [1.82, 2.24) is 15.4 Å². The summed E-state index contributed by atoms with van der Waals surface area (Å²) in [6.07, 6.45) is 1.75. The van der Waals surface area contributed by atoms with E-state index in [0.717, 1.165) is 11.1 Å². The number of carbonyl (C=O) groups excluding carboxylic acids is 2. The Morgan fingerprint density at radius 1 is 1.18 bits per heavy atom. The van der Waals surface area contributed by atoms with Gasteiger partial charge in [0.25, 0.3) is 11.8 Å². The smallest absolute Gasteiger partial charge is 0.286 e. The molecule has 116 valence electrons. The van der Waals surface area contributed by atoms with Gasteiger partial charge in [0.1, 0.15) is 11.4 Å². The third kappa shape index (κ3) is 3.88. The highest BCUT2D eigenvalue weighted by Gasteiger charge is 2.10. The van der Waals surface area contributed by atoms with Crippen LogP contribution in [-0.2, 0) is 11.8 Å². The zero-order chi connectivity index (χ0) is 16.1. The summed E-state index contributed by atoms with van der Waals surface area (Å²) in [4.78, 5) is 23.5. The van der Waals surface area contributed by atoms with Crippen LogP contribution in [0.2, 0.25) is 0 Å². The summed E-state index contributed by atoms with van der Waals surface area (Å²) >= 11 is 0. The lowest BCUT2D eigenvalue weighted by Crippen LogP contribution is -2.44. The van der Waals surface area contributed by atoms with Gasteiger partial charge in [0, 0.05) is 13.2 Å². The highest BCUT2D eigenvalue weighted by molar-refractivity contribution is 5.94. The van der Waals surface area contributed by atoms with Crippen molar-refractivity contribution in [2.75, 3.05) is 6.61 Å². The predicted octanol–water partition coefficient (Wildman–Crippen LogP) is 1.48. The molecule has 2 N–H and O–H groups in total. The van der Waals surface area contributed by atoms with Crippen LogP contribution in [0.1, 0.15) is 21.6 Å². The molecule has 2 rings (SSSR count). The van der Waals surface area contributed by atoms with Crippen LogP contribution < -0.4 is 15.6 Å². The lowest BCUT2D eigenvalue weighted by molar-refractivity contribution is -0.123. The fourth-order valence-corrected chi connectivity index (χ4v) is 1.93. The molecule has 0 radical (unpaired) electrons. The second kappa shape index (κ2) is 6.80. The van der Waals surface area contributed by atoms with Crippen molar-refractivity contribution in [3.63, 3.8) is 0 Å². The first-order valence-electron chi connectivity index (χ1n) is 6.88. The molecule has 0 aliphatic rings. The van der Waals surface area contributed by atoms with E-state index in [2.05, 4.69) is 10.9 Å². The molecule has 0 fully saturated rings. The minimum atomic E-state index is -0.427. The number of hydrogen-bond donors (Lipinski definition) is 2. The van der Waals surface area contributed by atoms with Crippen molar-refractivity contribution in [2.24, 2.45) is 7.05 Å². The molecule has 6 nitrogen and oxygen atoms in total. The first-order chi connectivity index (χ1) is 10.5.